The first kappa shape index (κ1) is 20.4. The molecule has 0 amide bonds. The van der Waals surface area contributed by atoms with Gasteiger partial charge in [-0.3, -0.25) is 9.59 Å². The Morgan fingerprint density at radius 3 is 1.79 bits per heavy atom. The van der Waals surface area contributed by atoms with Gasteiger partial charge in [0.05, 0.1) is 19.3 Å². The van der Waals surface area contributed by atoms with Gasteiger partial charge in [-0.15, -0.1) is 0 Å². The molecule has 1 atom stereocenters. The number of carbonyl (C=O) groups is 2. The molecule has 1 aromatic rings. The minimum Gasteiger partial charge on any atom is -0.465 e. The Morgan fingerprint density at radius 1 is 0.958 bits per heavy atom. The van der Waals surface area contributed by atoms with Crippen molar-refractivity contribution in [2.24, 2.45) is 5.92 Å². The molecule has 6 heteroatoms. The van der Waals surface area contributed by atoms with Gasteiger partial charge in [0.25, 0.3) is 0 Å². The molecule has 24 heavy (non-hydrogen) atoms. The maximum absolute atomic E-state index is 12.4. The van der Waals surface area contributed by atoms with Gasteiger partial charge in [-0.2, -0.15) is 0 Å². The Bertz CT molecular complexity index is 530. The van der Waals surface area contributed by atoms with Crippen molar-refractivity contribution in [3.63, 3.8) is 0 Å². The Labute approximate surface area is 145 Å². The number of esters is 2. The number of aryl methyl sites for hydroxylation is 1. The van der Waals surface area contributed by atoms with E-state index in [1.54, 1.807) is 13.8 Å². The van der Waals surface area contributed by atoms with E-state index in [1.165, 1.54) is 0 Å². The summed E-state index contributed by atoms with van der Waals surface area (Å²) >= 11 is 0. The predicted octanol–water partition coefficient (Wildman–Crippen LogP) is 3.63. The van der Waals surface area contributed by atoms with Gasteiger partial charge in [-0.05, 0) is 46.0 Å². The summed E-state index contributed by atoms with van der Waals surface area (Å²) in [4.78, 5) is 24.9. The van der Waals surface area contributed by atoms with Gasteiger partial charge >= 0.3 is 11.9 Å². The van der Waals surface area contributed by atoms with Crippen LogP contribution in [0.3, 0.4) is 0 Å². The summed E-state index contributed by atoms with van der Waals surface area (Å²) in [5, 5.41) is 0. The van der Waals surface area contributed by atoms with E-state index in [0.29, 0.717) is 0 Å². The average Bonchev–Trinajstić information content (AvgIpc) is 2.46. The van der Waals surface area contributed by atoms with Gasteiger partial charge in [0.15, 0.2) is 14.2 Å². The van der Waals surface area contributed by atoms with E-state index in [1.807, 2.05) is 50.8 Å². The van der Waals surface area contributed by atoms with Crippen LogP contribution in [0.2, 0.25) is 19.6 Å². The highest BCUT2D eigenvalue weighted by atomic mass is 28.4. The first-order valence-corrected chi connectivity index (χ1v) is 11.7. The number of hydrogen-bond acceptors (Lipinski definition) is 5. The summed E-state index contributed by atoms with van der Waals surface area (Å²) in [7, 11) is -2.03. The van der Waals surface area contributed by atoms with Crippen LogP contribution >= 0.6 is 0 Å². The molecule has 0 N–H and O–H groups in total. The molecule has 0 aliphatic heterocycles. The zero-order chi connectivity index (χ0) is 18.3. The first-order chi connectivity index (χ1) is 11.2. The fraction of sp³-hybridized carbons (Fsp3) is 0.556. The van der Waals surface area contributed by atoms with Gasteiger partial charge < -0.3 is 13.9 Å². The SMILES string of the molecule is CCOC(=O)C(C(=O)OCC)C(O[Si](C)(C)C)c1ccc(C)cc1. The van der Waals surface area contributed by atoms with E-state index < -0.39 is 32.3 Å². The first-order valence-electron chi connectivity index (χ1n) is 8.27. The fourth-order valence-electron chi connectivity index (χ4n) is 2.27. The summed E-state index contributed by atoms with van der Waals surface area (Å²) in [6.07, 6.45) is -0.713. The van der Waals surface area contributed by atoms with Crippen molar-refractivity contribution < 1.29 is 23.5 Å². The van der Waals surface area contributed by atoms with Crippen molar-refractivity contribution in [1.82, 2.24) is 0 Å². The molecular formula is C18H28O5Si. The molecule has 0 aliphatic carbocycles. The third-order valence-corrected chi connectivity index (χ3v) is 4.23. The third-order valence-electron chi connectivity index (χ3n) is 3.27. The second kappa shape index (κ2) is 8.99. The van der Waals surface area contributed by atoms with Crippen LogP contribution in [0, 0.1) is 12.8 Å². The molecule has 0 heterocycles. The molecule has 0 fully saturated rings. The van der Waals surface area contributed by atoms with Crippen molar-refractivity contribution in [3.8, 4) is 0 Å². The molecule has 1 unspecified atom stereocenters. The van der Waals surface area contributed by atoms with Crippen LogP contribution in [0.1, 0.15) is 31.1 Å². The van der Waals surface area contributed by atoms with E-state index in [4.69, 9.17) is 13.9 Å². The van der Waals surface area contributed by atoms with Gasteiger partial charge in [0.1, 0.15) is 0 Å². The molecule has 0 aromatic heterocycles. The predicted molar refractivity (Wildman–Crippen MR) is 95.1 cm³/mol. The molecule has 0 spiro atoms. The third kappa shape index (κ3) is 6.09. The number of rotatable bonds is 8. The van der Waals surface area contributed by atoms with Crippen LogP contribution in [-0.2, 0) is 23.5 Å². The van der Waals surface area contributed by atoms with Crippen LogP contribution in [0.5, 0.6) is 0 Å². The molecule has 134 valence electrons. The van der Waals surface area contributed by atoms with Gasteiger partial charge in [-0.25, -0.2) is 0 Å². The molecule has 0 saturated carbocycles. The molecule has 1 aromatic carbocycles. The van der Waals surface area contributed by atoms with Gasteiger partial charge in [0, 0.05) is 0 Å². The molecule has 0 aliphatic rings. The average molecular weight is 353 g/mol. The zero-order valence-electron chi connectivity index (χ0n) is 15.4. The van der Waals surface area contributed by atoms with Crippen molar-refractivity contribution in [2.45, 2.75) is 46.5 Å². The topological polar surface area (TPSA) is 61.8 Å². The lowest BCUT2D eigenvalue weighted by Crippen LogP contribution is -2.39. The molecule has 5 nitrogen and oxygen atoms in total. The monoisotopic (exact) mass is 352 g/mol. The molecule has 1 rings (SSSR count). The van der Waals surface area contributed by atoms with Crippen LogP contribution in [0.15, 0.2) is 24.3 Å². The zero-order valence-corrected chi connectivity index (χ0v) is 16.4. The van der Waals surface area contributed by atoms with Crippen molar-refractivity contribution in [2.75, 3.05) is 13.2 Å². The lowest BCUT2D eigenvalue weighted by atomic mass is 9.95. The van der Waals surface area contributed by atoms with Crippen molar-refractivity contribution in [3.05, 3.63) is 35.4 Å². The molecular weight excluding hydrogens is 324 g/mol. The van der Waals surface area contributed by atoms with E-state index in [0.717, 1.165) is 11.1 Å². The lowest BCUT2D eigenvalue weighted by molar-refractivity contribution is -0.166. The molecule has 0 radical (unpaired) electrons. The molecule has 0 bridgehead atoms. The Balaban J connectivity index is 3.29. The van der Waals surface area contributed by atoms with Crippen LogP contribution in [0.4, 0.5) is 0 Å². The summed E-state index contributed by atoms with van der Waals surface area (Å²) in [6.45, 7) is 11.8. The highest BCUT2D eigenvalue weighted by molar-refractivity contribution is 6.69. The van der Waals surface area contributed by atoms with Crippen LogP contribution in [0.25, 0.3) is 0 Å². The Hall–Kier alpha value is -1.66. The van der Waals surface area contributed by atoms with E-state index in [-0.39, 0.29) is 13.2 Å². The quantitative estimate of drug-likeness (QED) is 0.406. The number of hydrogen-bond donors (Lipinski definition) is 0. The standard InChI is InChI=1S/C18H28O5Si/c1-7-21-17(19)15(18(20)22-8-2)16(23-24(4,5)6)14-11-9-13(3)10-12-14/h9-12,15-16H,7-8H2,1-6H3. The molecule has 0 saturated heterocycles. The minimum atomic E-state index is -2.03. The van der Waals surface area contributed by atoms with Gasteiger partial charge in [0.2, 0.25) is 0 Å². The number of benzene rings is 1. The number of carbonyl (C=O) groups excluding carboxylic acids is 2. The van der Waals surface area contributed by atoms with Crippen LogP contribution < -0.4 is 0 Å². The smallest absolute Gasteiger partial charge is 0.323 e. The maximum atomic E-state index is 12.4. The maximum Gasteiger partial charge on any atom is 0.323 e. The lowest BCUT2D eigenvalue weighted by Gasteiger charge is -2.30. The Morgan fingerprint density at radius 2 is 1.42 bits per heavy atom. The van der Waals surface area contributed by atoms with Crippen molar-refractivity contribution in [1.29, 1.82) is 0 Å². The summed E-state index contributed by atoms with van der Waals surface area (Å²) in [6, 6.07) is 7.63. The largest absolute Gasteiger partial charge is 0.465 e. The Kier molecular flexibility index (Phi) is 7.63. The van der Waals surface area contributed by atoms with E-state index >= 15 is 0 Å². The summed E-state index contributed by atoms with van der Waals surface area (Å²) in [5.74, 6) is -2.35. The minimum absolute atomic E-state index is 0.197. The fourth-order valence-corrected chi connectivity index (χ4v) is 3.31. The second-order valence-corrected chi connectivity index (χ2v) is 11.0. The summed E-state index contributed by atoms with van der Waals surface area (Å²) < 4.78 is 16.4. The van der Waals surface area contributed by atoms with Gasteiger partial charge in [-0.1, -0.05) is 29.8 Å². The van der Waals surface area contributed by atoms with E-state index in [2.05, 4.69) is 0 Å². The summed E-state index contributed by atoms with van der Waals surface area (Å²) in [5.41, 5.74) is 1.86. The second-order valence-electron chi connectivity index (χ2n) is 6.54. The number of ether oxygens (including phenoxy) is 2. The normalized spacial score (nSPS) is 12.8. The van der Waals surface area contributed by atoms with E-state index in [9.17, 15) is 9.59 Å². The highest BCUT2D eigenvalue weighted by Crippen LogP contribution is 2.32. The van der Waals surface area contributed by atoms with Crippen molar-refractivity contribution >= 4 is 20.3 Å². The van der Waals surface area contributed by atoms with Crippen LogP contribution in [-0.4, -0.2) is 33.5 Å². The highest BCUT2D eigenvalue weighted by Gasteiger charge is 2.41.